The molecule has 8 N–H and O–H groups in total. The molecular formula is C39H47N17O6S2Zn. The van der Waals surface area contributed by atoms with E-state index in [1.54, 1.807) is 64.0 Å². The summed E-state index contributed by atoms with van der Waals surface area (Å²) in [5, 5.41) is 40.5. The molecule has 2 aromatic carbocycles. The van der Waals surface area contributed by atoms with Crippen LogP contribution < -0.4 is 16.5 Å². The minimum atomic E-state index is -0.0433. The molecule has 0 spiro atoms. The Morgan fingerprint density at radius 2 is 1.26 bits per heavy atom. The summed E-state index contributed by atoms with van der Waals surface area (Å²) < 4.78 is 3.25. The van der Waals surface area contributed by atoms with Crippen LogP contribution in [0.5, 0.6) is 0 Å². The molecule has 3 amide bonds. The van der Waals surface area contributed by atoms with E-state index in [0.29, 0.717) is 69.6 Å². The van der Waals surface area contributed by atoms with Crippen molar-refractivity contribution in [1.82, 2.24) is 54.2 Å². The predicted molar refractivity (Wildman–Crippen MR) is 250 cm³/mol. The first-order valence-corrected chi connectivity index (χ1v) is 19.4. The van der Waals surface area contributed by atoms with Crippen LogP contribution >= 0.6 is 24.4 Å². The van der Waals surface area contributed by atoms with Gasteiger partial charge in [0.1, 0.15) is 22.6 Å². The fourth-order valence-corrected chi connectivity index (χ4v) is 5.54. The smallest absolute Gasteiger partial charge is 0.485 e. The van der Waals surface area contributed by atoms with Gasteiger partial charge in [-0.1, -0.05) is 60.7 Å². The van der Waals surface area contributed by atoms with Gasteiger partial charge in [0.2, 0.25) is 24.3 Å². The average Bonchev–Trinajstić information content (AvgIpc) is 4.02. The monoisotopic (exact) mass is 977 g/mol. The van der Waals surface area contributed by atoms with E-state index >= 15 is 0 Å². The topological polar surface area (TPSA) is 325 Å². The molecule has 0 atom stereocenters. The number of benzene rings is 2. The van der Waals surface area contributed by atoms with Gasteiger partial charge in [0.25, 0.3) is 0 Å². The third kappa shape index (κ3) is 14.1. The number of carbonyl (C=O) groups is 3. The van der Waals surface area contributed by atoms with Crippen molar-refractivity contribution in [3.8, 4) is 22.6 Å². The Labute approximate surface area is 396 Å². The van der Waals surface area contributed by atoms with Gasteiger partial charge in [-0.3, -0.25) is 24.6 Å². The number of aliphatic hydroxyl groups excluding tert-OH is 2. The second-order valence-corrected chi connectivity index (χ2v) is 14.4. The maximum Gasteiger partial charge on any atom is 2.00 e. The van der Waals surface area contributed by atoms with Crippen molar-refractivity contribution in [1.29, 1.82) is 0 Å². The molecule has 0 saturated heterocycles. The van der Waals surface area contributed by atoms with Crippen LogP contribution in [0.4, 0.5) is 5.69 Å². The average molecular weight is 979 g/mol. The molecule has 0 bridgehead atoms. The van der Waals surface area contributed by atoms with Crippen molar-refractivity contribution in [2.24, 2.45) is 26.8 Å². The molecular weight excluding hydrogens is 932 g/mol. The maximum absolute atomic E-state index is 9.43. The fourth-order valence-electron chi connectivity index (χ4n) is 5.46. The van der Waals surface area contributed by atoms with Gasteiger partial charge in [0.05, 0.1) is 42.5 Å². The third-order valence-electron chi connectivity index (χ3n) is 8.01. The largest absolute Gasteiger partial charge is 2.00 e. The summed E-state index contributed by atoms with van der Waals surface area (Å²) in [6.45, 7) is 0.671. The first kappa shape index (κ1) is 54.3. The van der Waals surface area contributed by atoms with Crippen molar-refractivity contribution >= 4 is 98.4 Å². The standard InChI is InChI=1S/2C15H13N7OS.3C3H7NO.H2O.Zn/c2*16-15(24)21-20-12-9-4-2-1-3-8(9)11-13(12)18-10-7-17-22(5-6-23)14(10)19-11;3*1-4(2)3-5;;/h2*1-4,7,23H,5-6H2,(H3,16,17,18,19,21,24);3*3H,1-2H3;1H2;/q;;;;;;+2/p-2. The maximum atomic E-state index is 9.43. The second-order valence-electron chi connectivity index (χ2n) is 13.5. The van der Waals surface area contributed by atoms with Gasteiger partial charge in [0, 0.05) is 70.5 Å². The molecule has 23 nitrogen and oxygen atoms in total. The van der Waals surface area contributed by atoms with Crippen molar-refractivity contribution in [2.45, 2.75) is 13.1 Å². The molecule has 0 saturated carbocycles. The number of amides is 3. The SMILES string of the molecule is CN(C)C=O.CN(C)C=O.CN(C)C=O.NC(=S)N=Nc1c2nc3cnn(CCO)c3[n-]c-2c2ccccc12.NC(=S)[N-]/N=C1/c2ccccc2-c2nc3c(cnn3CCO)nc21.O.[Zn+2]. The number of aromatic nitrogens is 8. The van der Waals surface area contributed by atoms with Crippen molar-refractivity contribution in [2.75, 3.05) is 55.5 Å². The van der Waals surface area contributed by atoms with Crippen molar-refractivity contribution < 1.29 is 49.6 Å². The van der Waals surface area contributed by atoms with E-state index in [1.165, 1.54) is 14.7 Å². The molecule has 4 heterocycles. The van der Waals surface area contributed by atoms with Gasteiger partial charge in [-0.25, -0.2) is 19.6 Å². The summed E-state index contributed by atoms with van der Waals surface area (Å²) in [4.78, 5) is 51.3. The molecule has 0 unspecified atom stereocenters. The summed E-state index contributed by atoms with van der Waals surface area (Å²) in [5.41, 5.74) is 22.7. The molecule has 0 radical (unpaired) electrons. The molecule has 26 heteroatoms. The molecule has 3 aliphatic rings. The Morgan fingerprint density at radius 3 is 1.82 bits per heavy atom. The first-order chi connectivity index (χ1) is 30.2. The van der Waals surface area contributed by atoms with E-state index in [2.05, 4.69) is 40.9 Å². The van der Waals surface area contributed by atoms with E-state index in [9.17, 15) is 14.4 Å². The van der Waals surface area contributed by atoms with Gasteiger partial charge in [-0.05, 0) is 35.5 Å². The zero-order valence-corrected chi connectivity index (χ0v) is 40.9. The van der Waals surface area contributed by atoms with Crippen LogP contribution in [-0.4, -0.2) is 156 Å². The quantitative estimate of drug-likeness (QED) is 0.0523. The van der Waals surface area contributed by atoms with E-state index in [-0.39, 0.29) is 48.4 Å². The van der Waals surface area contributed by atoms with Crippen molar-refractivity contribution in [3.05, 3.63) is 77.6 Å². The van der Waals surface area contributed by atoms with Gasteiger partial charge >= 0.3 is 19.5 Å². The zero-order chi connectivity index (χ0) is 46.2. The Bertz CT molecular complexity index is 2710. The predicted octanol–water partition coefficient (Wildman–Crippen LogP) is 1.42. The molecule has 8 rings (SSSR count). The molecule has 5 aromatic rings. The minimum Gasteiger partial charge on any atom is -0.485 e. The number of carbonyl (C=O) groups excluding carboxylic acids is 3. The number of hydrogen-bond donors (Lipinski definition) is 4. The van der Waals surface area contributed by atoms with Gasteiger partial charge in [-0.15, -0.1) is 10.2 Å². The number of azo groups is 1. The number of aliphatic hydroxyl groups is 2. The van der Waals surface area contributed by atoms with Crippen LogP contribution in [0, 0.1) is 0 Å². The molecule has 1 aliphatic heterocycles. The Hall–Kier alpha value is -6.83. The zero-order valence-electron chi connectivity index (χ0n) is 36.3. The van der Waals surface area contributed by atoms with Crippen LogP contribution in [-0.2, 0) is 47.0 Å². The Balaban J connectivity index is 0.000000334. The Kier molecular flexibility index (Phi) is 21.8. The van der Waals surface area contributed by atoms with E-state index in [0.717, 1.165) is 41.1 Å². The van der Waals surface area contributed by atoms with Crippen LogP contribution in [0.1, 0.15) is 11.3 Å². The second kappa shape index (κ2) is 26.1. The van der Waals surface area contributed by atoms with E-state index in [1.807, 2.05) is 48.5 Å². The van der Waals surface area contributed by atoms with Crippen molar-refractivity contribution in [3.63, 3.8) is 0 Å². The summed E-state index contributed by atoms with van der Waals surface area (Å²) in [6, 6.07) is 15.4. The van der Waals surface area contributed by atoms with Gasteiger partial charge < -0.3 is 56.9 Å². The van der Waals surface area contributed by atoms with E-state index < -0.39 is 0 Å². The molecule has 0 fully saturated rings. The van der Waals surface area contributed by atoms with Gasteiger partial charge in [-0.2, -0.15) is 5.10 Å². The normalized spacial score (nSPS) is 11.2. The Morgan fingerprint density at radius 1 is 0.754 bits per heavy atom. The van der Waals surface area contributed by atoms with Crippen LogP contribution in [0.15, 0.2) is 76.3 Å². The number of fused-ring (bicyclic) bond motifs is 8. The number of thiocarbonyl (C=S) groups is 2. The summed E-state index contributed by atoms with van der Waals surface area (Å²) in [6.07, 6.45) is 5.48. The van der Waals surface area contributed by atoms with Crippen LogP contribution in [0.2, 0.25) is 0 Å². The molecule has 2 aliphatic carbocycles. The van der Waals surface area contributed by atoms with E-state index in [4.69, 9.17) is 56.1 Å². The van der Waals surface area contributed by atoms with Crippen LogP contribution in [0.25, 0.3) is 61.2 Å². The number of rotatable bonds is 9. The third-order valence-corrected chi connectivity index (χ3v) is 8.17. The first-order valence-electron chi connectivity index (χ1n) is 18.6. The number of nitrogens with zero attached hydrogens (tertiary/aromatic N) is 15. The number of hydrogen-bond acceptors (Lipinski definition) is 14. The molecule has 338 valence electrons. The number of nitrogens with two attached hydrogens (primary N) is 2. The summed E-state index contributed by atoms with van der Waals surface area (Å²) in [5.74, 6) is 0. The minimum absolute atomic E-state index is 0. The molecule has 65 heavy (non-hydrogen) atoms. The summed E-state index contributed by atoms with van der Waals surface area (Å²) >= 11 is 9.54. The fraction of sp³-hybridized carbons (Fsp3) is 0.256. The van der Waals surface area contributed by atoms with Crippen LogP contribution in [0.3, 0.4) is 0 Å². The summed E-state index contributed by atoms with van der Waals surface area (Å²) in [7, 11) is 10.1. The van der Waals surface area contributed by atoms with Gasteiger partial charge in [0.15, 0.2) is 5.65 Å². The molecule has 3 aromatic heterocycles.